The van der Waals surface area contributed by atoms with Crippen molar-refractivity contribution in [1.82, 2.24) is 8.87 Å². The maximum absolute atomic E-state index is 12.6. The van der Waals surface area contributed by atoms with Crippen LogP contribution in [0.3, 0.4) is 0 Å². The molecule has 3 rings (SSSR count). The Balaban J connectivity index is 1.81. The number of nitrogens with zero attached hydrogens (tertiary/aromatic N) is 4. The normalized spacial score (nSPS) is 12.3. The van der Waals surface area contributed by atoms with Crippen LogP contribution in [0.15, 0.2) is 63.7 Å². The van der Waals surface area contributed by atoms with E-state index in [0.29, 0.717) is 11.9 Å². The van der Waals surface area contributed by atoms with Gasteiger partial charge in [0.15, 0.2) is 5.69 Å². The molecule has 0 atom stereocenters. The smallest absolute Gasteiger partial charge is 0.279 e. The number of rotatable bonds is 6. The number of azo groups is 1. The fourth-order valence-electron chi connectivity index (χ4n) is 2.99. The summed E-state index contributed by atoms with van der Waals surface area (Å²) in [5, 5.41) is 18.6. The number of amides is 1. The summed E-state index contributed by atoms with van der Waals surface area (Å²) in [6, 6.07) is 13.6. The van der Waals surface area contributed by atoms with Crippen LogP contribution in [0.5, 0.6) is 5.88 Å². The van der Waals surface area contributed by atoms with Crippen LogP contribution < -0.4 is 0 Å². The number of aromatic hydroxyl groups is 1. The lowest BCUT2D eigenvalue weighted by atomic mass is 10.2. The van der Waals surface area contributed by atoms with E-state index in [2.05, 4.69) is 10.2 Å². The van der Waals surface area contributed by atoms with Crippen LogP contribution in [0.1, 0.15) is 12.5 Å². The fourth-order valence-corrected chi connectivity index (χ4v) is 4.11. The van der Waals surface area contributed by atoms with Gasteiger partial charge in [-0.3, -0.25) is 4.79 Å². The van der Waals surface area contributed by atoms with E-state index in [1.165, 1.54) is 19.2 Å². The quantitative estimate of drug-likeness (QED) is 0.622. The number of sulfonamides is 1. The fraction of sp³-hybridized carbons (Fsp3) is 0.250. The van der Waals surface area contributed by atoms with E-state index >= 15 is 0 Å². The van der Waals surface area contributed by atoms with Gasteiger partial charge in [0.05, 0.1) is 17.0 Å². The van der Waals surface area contributed by atoms with Crippen LogP contribution in [0.2, 0.25) is 0 Å². The molecular weight excluding hydrogens is 392 g/mol. The molecule has 3 aromatic rings. The number of fused-ring (bicyclic) bond motifs is 1. The first-order chi connectivity index (χ1) is 13.8. The van der Waals surface area contributed by atoms with Gasteiger partial charge in [0, 0.05) is 19.0 Å². The lowest BCUT2D eigenvalue weighted by molar-refractivity contribution is -0.118. The lowest BCUT2D eigenvalue weighted by Crippen LogP contribution is -2.31. The highest BCUT2D eigenvalue weighted by atomic mass is 32.2. The second-order valence-corrected chi connectivity index (χ2v) is 8.65. The number of aromatic nitrogens is 1. The van der Waals surface area contributed by atoms with Crippen molar-refractivity contribution < 1.29 is 18.3 Å². The molecule has 0 bridgehead atoms. The summed E-state index contributed by atoms with van der Waals surface area (Å²) >= 11 is 0. The molecule has 1 N–H and O–H groups in total. The van der Waals surface area contributed by atoms with Gasteiger partial charge in [-0.25, -0.2) is 8.42 Å². The zero-order valence-electron chi connectivity index (χ0n) is 16.4. The number of aryl methyl sites for hydroxylation is 2. The number of benzene rings is 2. The van der Waals surface area contributed by atoms with E-state index in [0.717, 1.165) is 15.4 Å². The van der Waals surface area contributed by atoms with Crippen LogP contribution in [-0.4, -0.2) is 41.9 Å². The molecule has 0 saturated heterocycles. The first-order valence-corrected chi connectivity index (χ1v) is 10.5. The van der Waals surface area contributed by atoms with Crippen molar-refractivity contribution >= 4 is 32.5 Å². The van der Waals surface area contributed by atoms with E-state index in [4.69, 9.17) is 0 Å². The minimum atomic E-state index is -3.82. The van der Waals surface area contributed by atoms with Gasteiger partial charge >= 0.3 is 0 Å². The molecule has 2 aromatic carbocycles. The lowest BCUT2D eigenvalue weighted by Gasteiger charge is -2.15. The molecular formula is C20H22N4O4S. The molecule has 152 valence electrons. The van der Waals surface area contributed by atoms with Gasteiger partial charge in [-0.05, 0) is 32.0 Å². The van der Waals surface area contributed by atoms with Crippen LogP contribution in [-0.2, 0) is 21.4 Å². The second kappa shape index (κ2) is 8.14. The average Bonchev–Trinajstić information content (AvgIpc) is 2.97. The standard InChI is InChI=1S/C20H22N4O4S/c1-4-24-17-8-6-5-7-16(17)19(20(24)26)22-21-18(25)13-23(3)29(27,28)15-11-9-14(2)10-12-15/h5-12,26H,4,13H2,1-3H3. The molecule has 0 aliphatic rings. The minimum absolute atomic E-state index is 0.0918. The van der Waals surface area contributed by atoms with E-state index < -0.39 is 22.5 Å². The van der Waals surface area contributed by atoms with E-state index in [9.17, 15) is 18.3 Å². The van der Waals surface area contributed by atoms with Gasteiger partial charge in [-0.2, -0.15) is 4.31 Å². The Morgan fingerprint density at radius 3 is 2.45 bits per heavy atom. The molecule has 0 radical (unpaired) electrons. The Morgan fingerprint density at radius 1 is 1.14 bits per heavy atom. The molecule has 0 aliphatic carbocycles. The van der Waals surface area contributed by atoms with Gasteiger partial charge in [0.25, 0.3) is 5.91 Å². The molecule has 0 unspecified atom stereocenters. The second-order valence-electron chi connectivity index (χ2n) is 6.60. The van der Waals surface area contributed by atoms with Crippen molar-refractivity contribution in [3.05, 3.63) is 54.1 Å². The monoisotopic (exact) mass is 414 g/mol. The highest BCUT2D eigenvalue weighted by Crippen LogP contribution is 2.38. The maximum atomic E-state index is 12.6. The van der Waals surface area contributed by atoms with Gasteiger partial charge < -0.3 is 9.67 Å². The average molecular weight is 414 g/mol. The predicted octanol–water partition coefficient (Wildman–Crippen LogP) is 3.61. The summed E-state index contributed by atoms with van der Waals surface area (Å²) in [5.74, 6) is -0.832. The Labute approximate surface area is 169 Å². The zero-order chi connectivity index (χ0) is 21.2. The summed E-state index contributed by atoms with van der Waals surface area (Å²) in [5.41, 5.74) is 1.88. The molecule has 9 heteroatoms. The number of likely N-dealkylation sites (N-methyl/N-ethyl adjacent to an activating group) is 1. The SMILES string of the molecule is CCn1c(O)c(N=NC(=O)CN(C)S(=O)(=O)c2ccc(C)cc2)c2ccccc21. The van der Waals surface area contributed by atoms with Crippen molar-refractivity contribution in [3.63, 3.8) is 0 Å². The van der Waals surface area contributed by atoms with Crippen molar-refractivity contribution in [2.45, 2.75) is 25.3 Å². The number of carbonyl (C=O) groups is 1. The van der Waals surface area contributed by atoms with Crippen LogP contribution in [0, 0.1) is 6.92 Å². The molecule has 1 heterocycles. The summed E-state index contributed by atoms with van der Waals surface area (Å²) in [7, 11) is -2.51. The van der Waals surface area contributed by atoms with Crippen LogP contribution in [0.25, 0.3) is 10.9 Å². The highest BCUT2D eigenvalue weighted by molar-refractivity contribution is 7.89. The summed E-state index contributed by atoms with van der Waals surface area (Å²) < 4.78 is 27.7. The highest BCUT2D eigenvalue weighted by Gasteiger charge is 2.23. The third-order valence-electron chi connectivity index (χ3n) is 4.58. The molecule has 0 spiro atoms. The van der Waals surface area contributed by atoms with E-state index in [1.54, 1.807) is 28.8 Å². The number of hydrogen-bond donors (Lipinski definition) is 1. The summed E-state index contributed by atoms with van der Waals surface area (Å²) in [4.78, 5) is 12.3. The third-order valence-corrected chi connectivity index (χ3v) is 6.40. The van der Waals surface area contributed by atoms with Gasteiger partial charge in [0.1, 0.15) is 0 Å². The number of hydrogen-bond acceptors (Lipinski definition) is 5. The summed E-state index contributed by atoms with van der Waals surface area (Å²) in [6.45, 7) is 3.79. The minimum Gasteiger partial charge on any atom is -0.493 e. The Kier molecular flexibility index (Phi) is 5.81. The molecule has 1 aromatic heterocycles. The Bertz CT molecular complexity index is 1180. The zero-order valence-corrected chi connectivity index (χ0v) is 17.2. The molecule has 8 nitrogen and oxygen atoms in total. The Hall–Kier alpha value is -3.04. The molecule has 29 heavy (non-hydrogen) atoms. The van der Waals surface area contributed by atoms with Crippen molar-refractivity contribution in [2.75, 3.05) is 13.6 Å². The molecule has 0 saturated carbocycles. The Morgan fingerprint density at radius 2 is 1.79 bits per heavy atom. The van der Waals surface area contributed by atoms with Gasteiger partial charge in [0.2, 0.25) is 15.9 Å². The molecule has 0 fully saturated rings. The molecule has 1 amide bonds. The van der Waals surface area contributed by atoms with Crippen molar-refractivity contribution in [3.8, 4) is 5.88 Å². The van der Waals surface area contributed by atoms with E-state index in [-0.39, 0.29) is 16.5 Å². The largest absolute Gasteiger partial charge is 0.493 e. The van der Waals surface area contributed by atoms with Gasteiger partial charge in [-0.1, -0.05) is 35.9 Å². The van der Waals surface area contributed by atoms with Crippen molar-refractivity contribution in [2.24, 2.45) is 10.2 Å². The predicted molar refractivity (Wildman–Crippen MR) is 110 cm³/mol. The topological polar surface area (TPSA) is 104 Å². The summed E-state index contributed by atoms with van der Waals surface area (Å²) in [6.07, 6.45) is 0. The first kappa shape index (κ1) is 20.7. The van der Waals surface area contributed by atoms with E-state index in [1.807, 2.05) is 26.0 Å². The number of carbonyl (C=O) groups excluding carboxylic acids is 1. The van der Waals surface area contributed by atoms with Crippen molar-refractivity contribution in [1.29, 1.82) is 0 Å². The maximum Gasteiger partial charge on any atom is 0.279 e. The van der Waals surface area contributed by atoms with Crippen LogP contribution >= 0.6 is 0 Å². The first-order valence-electron chi connectivity index (χ1n) is 9.03. The molecule has 0 aliphatic heterocycles. The van der Waals surface area contributed by atoms with Crippen LogP contribution in [0.4, 0.5) is 5.69 Å². The third kappa shape index (κ3) is 4.06. The van der Waals surface area contributed by atoms with Gasteiger partial charge in [-0.15, -0.1) is 10.2 Å². The number of para-hydroxylation sites is 1.